The first-order valence-electron chi connectivity index (χ1n) is 9.40. The number of carbonyl (C=O) groups is 1. The molecule has 1 fully saturated rings. The van der Waals surface area contributed by atoms with E-state index in [2.05, 4.69) is 15.1 Å². The number of piperidine rings is 1. The highest BCUT2D eigenvalue weighted by Gasteiger charge is 2.29. The highest BCUT2D eigenvalue weighted by Crippen LogP contribution is 2.30. The maximum Gasteiger partial charge on any atom is 0.280 e. The van der Waals surface area contributed by atoms with Gasteiger partial charge in [-0.25, -0.2) is 22.7 Å². The lowest BCUT2D eigenvalue weighted by atomic mass is 9.93. The predicted octanol–water partition coefficient (Wildman–Crippen LogP) is 3.84. The van der Waals surface area contributed by atoms with Crippen LogP contribution in [-0.4, -0.2) is 43.5 Å². The smallest absolute Gasteiger partial charge is 0.280 e. The average molecular weight is 403 g/mol. The molecular weight excluding hydrogens is 383 g/mol. The summed E-state index contributed by atoms with van der Waals surface area (Å²) in [7, 11) is 0. The Morgan fingerprint density at radius 2 is 1.93 bits per heavy atom. The molecule has 1 aliphatic rings. The fraction of sp³-hybridized carbons (Fsp3) is 0.400. The molecule has 0 spiro atoms. The monoisotopic (exact) mass is 403 g/mol. The number of alkyl halides is 2. The number of carbonyl (C=O) groups excluding carboxylic acids is 1. The third-order valence-corrected chi connectivity index (χ3v) is 5.33. The van der Waals surface area contributed by atoms with Gasteiger partial charge in [0.25, 0.3) is 18.1 Å². The number of amides is 1. The van der Waals surface area contributed by atoms with Gasteiger partial charge in [0.05, 0.1) is 5.69 Å². The molecule has 1 saturated heterocycles. The summed E-state index contributed by atoms with van der Waals surface area (Å²) in [5.74, 6) is -0.576. The summed E-state index contributed by atoms with van der Waals surface area (Å²) in [4.78, 5) is 22.5. The molecule has 6 nitrogen and oxygen atoms in total. The molecule has 0 saturated carbocycles. The van der Waals surface area contributed by atoms with Crippen molar-refractivity contribution in [3.63, 3.8) is 0 Å². The molecule has 0 N–H and O–H groups in total. The lowest BCUT2D eigenvalue weighted by Crippen LogP contribution is -2.39. The molecule has 29 heavy (non-hydrogen) atoms. The van der Waals surface area contributed by atoms with Gasteiger partial charge in [0.15, 0.2) is 0 Å². The van der Waals surface area contributed by atoms with Gasteiger partial charge in [-0.1, -0.05) is 0 Å². The Bertz CT molecular complexity index is 1060. The molecule has 1 unspecified atom stereocenters. The van der Waals surface area contributed by atoms with Gasteiger partial charge in [-0.3, -0.25) is 4.79 Å². The Labute approximate surface area is 165 Å². The molecule has 1 atom stereocenters. The number of hydrogen-bond donors (Lipinski definition) is 0. The van der Waals surface area contributed by atoms with Crippen LogP contribution in [0.1, 0.15) is 58.1 Å². The molecule has 0 radical (unpaired) electrons. The molecule has 3 aromatic rings. The number of aromatic nitrogens is 4. The zero-order valence-electron chi connectivity index (χ0n) is 16.1. The summed E-state index contributed by atoms with van der Waals surface area (Å²) in [5.41, 5.74) is 1.47. The van der Waals surface area contributed by atoms with Crippen molar-refractivity contribution >= 4 is 11.7 Å². The predicted molar refractivity (Wildman–Crippen MR) is 99.5 cm³/mol. The third kappa shape index (κ3) is 3.56. The number of hydrogen-bond acceptors (Lipinski definition) is 4. The van der Waals surface area contributed by atoms with Crippen LogP contribution in [-0.2, 0) is 0 Å². The van der Waals surface area contributed by atoms with E-state index in [1.165, 1.54) is 16.9 Å². The summed E-state index contributed by atoms with van der Waals surface area (Å²) < 4.78 is 41.9. The number of aryl methyl sites for hydroxylation is 2. The summed E-state index contributed by atoms with van der Waals surface area (Å²) in [6, 6.07) is 4.44. The highest BCUT2D eigenvalue weighted by atomic mass is 19.3. The SMILES string of the molecule is Cc1cc(C(=O)N2CCCC(c3cc(C(F)F)nc4ncnn34)C2)cc(C)c1F. The quantitative estimate of drug-likeness (QED) is 0.667. The first kappa shape index (κ1) is 19.4. The second-order valence-corrected chi connectivity index (χ2v) is 7.39. The van der Waals surface area contributed by atoms with Gasteiger partial charge < -0.3 is 4.90 Å². The topological polar surface area (TPSA) is 63.4 Å². The summed E-state index contributed by atoms with van der Waals surface area (Å²) in [6.45, 7) is 4.17. The Balaban J connectivity index is 1.65. The Kier molecular flexibility index (Phi) is 4.97. The highest BCUT2D eigenvalue weighted by molar-refractivity contribution is 5.94. The Hall–Kier alpha value is -2.97. The minimum absolute atomic E-state index is 0.117. The third-order valence-electron chi connectivity index (χ3n) is 5.33. The van der Waals surface area contributed by atoms with Crippen LogP contribution in [0.4, 0.5) is 13.2 Å². The Morgan fingerprint density at radius 3 is 2.62 bits per heavy atom. The van der Waals surface area contributed by atoms with Crippen molar-refractivity contribution in [1.82, 2.24) is 24.5 Å². The molecule has 9 heteroatoms. The van der Waals surface area contributed by atoms with Crippen LogP contribution in [0.15, 0.2) is 24.5 Å². The van der Waals surface area contributed by atoms with Crippen LogP contribution in [0.3, 0.4) is 0 Å². The van der Waals surface area contributed by atoms with Crippen LogP contribution >= 0.6 is 0 Å². The second kappa shape index (κ2) is 7.46. The Morgan fingerprint density at radius 1 is 1.21 bits per heavy atom. The van der Waals surface area contributed by atoms with E-state index in [-0.39, 0.29) is 29.1 Å². The number of benzene rings is 1. The molecule has 0 aliphatic carbocycles. The van der Waals surface area contributed by atoms with Crippen molar-refractivity contribution in [3.05, 3.63) is 58.4 Å². The number of nitrogens with zero attached hydrogens (tertiary/aromatic N) is 5. The van der Waals surface area contributed by atoms with Gasteiger partial charge >= 0.3 is 0 Å². The summed E-state index contributed by atoms with van der Waals surface area (Å²) in [6.07, 6.45) is 0.00368. The van der Waals surface area contributed by atoms with E-state index in [1.807, 2.05) is 0 Å². The standard InChI is InChI=1S/C20H20F3N5O/c1-11-6-14(7-12(2)17(11)21)19(29)27-5-3-4-13(9-27)16-8-15(18(22)23)26-20-24-10-25-28(16)20/h6-8,10,13,18H,3-5,9H2,1-2H3. The van der Waals surface area contributed by atoms with Gasteiger partial charge in [-0.05, 0) is 56.0 Å². The zero-order chi connectivity index (χ0) is 20.7. The van der Waals surface area contributed by atoms with E-state index in [9.17, 15) is 18.0 Å². The van der Waals surface area contributed by atoms with E-state index in [0.29, 0.717) is 35.5 Å². The molecule has 4 rings (SSSR count). The fourth-order valence-corrected chi connectivity index (χ4v) is 3.91. The summed E-state index contributed by atoms with van der Waals surface area (Å²) in [5, 5.41) is 4.11. The van der Waals surface area contributed by atoms with E-state index in [1.54, 1.807) is 30.9 Å². The fourth-order valence-electron chi connectivity index (χ4n) is 3.91. The van der Waals surface area contributed by atoms with Crippen molar-refractivity contribution < 1.29 is 18.0 Å². The van der Waals surface area contributed by atoms with Gasteiger partial charge in [0.2, 0.25) is 0 Å². The van der Waals surface area contributed by atoms with Crippen molar-refractivity contribution in [1.29, 1.82) is 0 Å². The van der Waals surface area contributed by atoms with Crippen LogP contribution in [0.5, 0.6) is 0 Å². The van der Waals surface area contributed by atoms with Crippen LogP contribution < -0.4 is 0 Å². The summed E-state index contributed by atoms with van der Waals surface area (Å²) >= 11 is 0. The number of rotatable bonds is 3. The molecular formula is C20H20F3N5O. The molecule has 1 aromatic carbocycles. The van der Waals surface area contributed by atoms with Gasteiger partial charge in [-0.2, -0.15) is 10.1 Å². The lowest BCUT2D eigenvalue weighted by molar-refractivity contribution is 0.0704. The molecule has 152 valence electrons. The average Bonchev–Trinajstić information content (AvgIpc) is 3.19. The van der Waals surface area contributed by atoms with Crippen molar-refractivity contribution in [2.24, 2.45) is 0 Å². The molecule has 1 amide bonds. The zero-order valence-corrected chi connectivity index (χ0v) is 16.1. The molecule has 1 aliphatic heterocycles. The van der Waals surface area contributed by atoms with E-state index < -0.39 is 6.43 Å². The van der Waals surface area contributed by atoms with Crippen molar-refractivity contribution in [2.75, 3.05) is 13.1 Å². The lowest BCUT2D eigenvalue weighted by Gasteiger charge is -2.33. The largest absolute Gasteiger partial charge is 0.338 e. The minimum atomic E-state index is -2.72. The molecule has 2 aromatic heterocycles. The van der Waals surface area contributed by atoms with Crippen molar-refractivity contribution in [2.45, 2.75) is 39.0 Å². The van der Waals surface area contributed by atoms with E-state index in [0.717, 1.165) is 12.8 Å². The molecule has 0 bridgehead atoms. The number of fused-ring (bicyclic) bond motifs is 1. The molecule has 3 heterocycles. The van der Waals surface area contributed by atoms with Crippen LogP contribution in [0.2, 0.25) is 0 Å². The first-order valence-corrected chi connectivity index (χ1v) is 9.40. The maximum absolute atomic E-state index is 13.9. The minimum Gasteiger partial charge on any atom is -0.338 e. The van der Waals surface area contributed by atoms with Gasteiger partial charge in [-0.15, -0.1) is 0 Å². The van der Waals surface area contributed by atoms with Crippen LogP contribution in [0.25, 0.3) is 5.78 Å². The van der Waals surface area contributed by atoms with E-state index in [4.69, 9.17) is 0 Å². The second-order valence-electron chi connectivity index (χ2n) is 7.39. The van der Waals surface area contributed by atoms with Crippen LogP contribution in [0, 0.1) is 19.7 Å². The van der Waals surface area contributed by atoms with Crippen molar-refractivity contribution in [3.8, 4) is 0 Å². The van der Waals surface area contributed by atoms with Gasteiger partial charge in [0.1, 0.15) is 17.8 Å². The first-order chi connectivity index (χ1) is 13.8. The maximum atomic E-state index is 13.9. The number of halogens is 3. The van der Waals surface area contributed by atoms with Gasteiger partial charge in [0, 0.05) is 24.6 Å². The van der Waals surface area contributed by atoms with E-state index >= 15 is 0 Å². The normalized spacial score (nSPS) is 17.3. The number of likely N-dealkylation sites (tertiary alicyclic amines) is 1.